The molecule has 0 aliphatic heterocycles. The van der Waals surface area contributed by atoms with Crippen LogP contribution in [0.1, 0.15) is 24.1 Å². The van der Waals surface area contributed by atoms with Crippen molar-refractivity contribution in [3.05, 3.63) is 65.5 Å². The van der Waals surface area contributed by atoms with E-state index in [1.54, 1.807) is 0 Å². The van der Waals surface area contributed by atoms with Crippen LogP contribution < -0.4 is 10.6 Å². The van der Waals surface area contributed by atoms with E-state index in [2.05, 4.69) is 10.6 Å². The van der Waals surface area contributed by atoms with Crippen LogP contribution in [-0.2, 0) is 0 Å². The summed E-state index contributed by atoms with van der Waals surface area (Å²) in [4.78, 5) is 11.9. The first-order valence-electron chi connectivity index (χ1n) is 6.45. The minimum Gasteiger partial charge on any atom is -0.331 e. The lowest BCUT2D eigenvalue weighted by atomic mass is 10.0. The van der Waals surface area contributed by atoms with Crippen LogP contribution in [0.4, 0.5) is 14.9 Å². The molecule has 2 aromatic rings. The zero-order valence-electron chi connectivity index (χ0n) is 11.5. The fourth-order valence-corrected chi connectivity index (χ4v) is 2.05. The van der Waals surface area contributed by atoms with Gasteiger partial charge in [0.25, 0.3) is 0 Å². The third-order valence-electron chi connectivity index (χ3n) is 3.10. The van der Waals surface area contributed by atoms with E-state index in [1.807, 2.05) is 38.1 Å². The molecule has 2 amide bonds. The maximum absolute atomic E-state index is 12.8. The second-order valence-electron chi connectivity index (χ2n) is 4.68. The Morgan fingerprint density at radius 3 is 2.40 bits per heavy atom. The highest BCUT2D eigenvalue weighted by Crippen LogP contribution is 2.17. The number of carbonyl (C=O) groups is 1. The van der Waals surface area contributed by atoms with Crippen LogP contribution in [0.3, 0.4) is 0 Å². The van der Waals surface area contributed by atoms with Crippen molar-refractivity contribution in [3.63, 3.8) is 0 Å². The Hall–Kier alpha value is -2.36. The Kier molecular flexibility index (Phi) is 4.35. The van der Waals surface area contributed by atoms with Gasteiger partial charge in [0, 0.05) is 5.69 Å². The molecule has 0 bridgehead atoms. The third-order valence-corrected chi connectivity index (χ3v) is 3.10. The number of urea groups is 1. The number of nitrogens with one attached hydrogen (secondary N) is 2. The largest absolute Gasteiger partial charge is 0.331 e. The van der Waals surface area contributed by atoms with Crippen LogP contribution >= 0.6 is 0 Å². The van der Waals surface area contributed by atoms with Gasteiger partial charge in [0.2, 0.25) is 0 Å². The number of halogens is 1. The fourth-order valence-electron chi connectivity index (χ4n) is 2.05. The third kappa shape index (κ3) is 3.57. The van der Waals surface area contributed by atoms with E-state index in [-0.39, 0.29) is 17.9 Å². The van der Waals surface area contributed by atoms with E-state index in [1.165, 1.54) is 24.3 Å². The van der Waals surface area contributed by atoms with Gasteiger partial charge in [0.15, 0.2) is 0 Å². The van der Waals surface area contributed by atoms with E-state index in [0.717, 1.165) is 11.1 Å². The molecule has 4 heteroatoms. The molecule has 0 aliphatic rings. The predicted octanol–water partition coefficient (Wildman–Crippen LogP) is 4.02. The molecule has 0 saturated heterocycles. The van der Waals surface area contributed by atoms with Crippen molar-refractivity contribution < 1.29 is 9.18 Å². The average molecular weight is 272 g/mol. The highest BCUT2D eigenvalue weighted by molar-refractivity contribution is 5.89. The monoisotopic (exact) mass is 272 g/mol. The van der Waals surface area contributed by atoms with E-state index < -0.39 is 0 Å². The number of hydrogen-bond acceptors (Lipinski definition) is 1. The van der Waals surface area contributed by atoms with Crippen molar-refractivity contribution in [2.24, 2.45) is 0 Å². The van der Waals surface area contributed by atoms with Crippen LogP contribution in [0.2, 0.25) is 0 Å². The molecule has 0 aliphatic carbocycles. The number of carbonyl (C=O) groups excluding carboxylic acids is 1. The molecule has 1 atom stereocenters. The Morgan fingerprint density at radius 1 is 1.10 bits per heavy atom. The molecule has 20 heavy (non-hydrogen) atoms. The lowest BCUT2D eigenvalue weighted by Crippen LogP contribution is -2.31. The highest BCUT2D eigenvalue weighted by atomic mass is 19.1. The zero-order chi connectivity index (χ0) is 14.5. The maximum Gasteiger partial charge on any atom is 0.319 e. The minimum atomic E-state index is -0.329. The van der Waals surface area contributed by atoms with Gasteiger partial charge in [0.05, 0.1) is 6.04 Å². The first kappa shape index (κ1) is 14.1. The number of anilines is 1. The summed E-state index contributed by atoms with van der Waals surface area (Å²) in [5.74, 6) is -0.329. The predicted molar refractivity (Wildman–Crippen MR) is 78.1 cm³/mol. The number of amides is 2. The van der Waals surface area contributed by atoms with Crippen molar-refractivity contribution in [2.75, 3.05) is 5.32 Å². The minimum absolute atomic E-state index is 0.100. The molecule has 2 N–H and O–H groups in total. The van der Waals surface area contributed by atoms with Gasteiger partial charge in [-0.25, -0.2) is 9.18 Å². The van der Waals surface area contributed by atoms with Crippen molar-refractivity contribution in [2.45, 2.75) is 19.9 Å². The Bertz CT molecular complexity index is 596. The summed E-state index contributed by atoms with van der Waals surface area (Å²) in [7, 11) is 0. The smallest absolute Gasteiger partial charge is 0.319 e. The summed E-state index contributed by atoms with van der Waals surface area (Å²) < 4.78 is 12.8. The molecule has 0 fully saturated rings. The van der Waals surface area contributed by atoms with Gasteiger partial charge in [-0.1, -0.05) is 24.3 Å². The number of benzene rings is 2. The lowest BCUT2D eigenvalue weighted by Gasteiger charge is -2.17. The molecule has 3 nitrogen and oxygen atoms in total. The molecule has 2 rings (SSSR count). The molecule has 0 heterocycles. The quantitative estimate of drug-likeness (QED) is 0.870. The van der Waals surface area contributed by atoms with Gasteiger partial charge in [-0.15, -0.1) is 0 Å². The van der Waals surface area contributed by atoms with Crippen molar-refractivity contribution in [1.82, 2.24) is 5.32 Å². The van der Waals surface area contributed by atoms with Gasteiger partial charge < -0.3 is 10.6 Å². The van der Waals surface area contributed by atoms with Crippen molar-refractivity contribution in [1.29, 1.82) is 0 Å². The van der Waals surface area contributed by atoms with Gasteiger partial charge in [-0.2, -0.15) is 0 Å². The zero-order valence-corrected chi connectivity index (χ0v) is 11.5. The molecule has 1 unspecified atom stereocenters. The van der Waals surface area contributed by atoms with E-state index in [4.69, 9.17) is 0 Å². The molecule has 0 radical (unpaired) electrons. The second kappa shape index (κ2) is 6.19. The standard InChI is InChI=1S/C16H17FN2O/c1-11-5-3-4-6-15(11)12(2)18-16(20)19-14-9-7-13(17)8-10-14/h3-10,12H,1-2H3,(H2,18,19,20). The summed E-state index contributed by atoms with van der Waals surface area (Å²) in [6, 6.07) is 13.1. The van der Waals surface area contributed by atoms with Gasteiger partial charge >= 0.3 is 6.03 Å². The van der Waals surface area contributed by atoms with Crippen molar-refractivity contribution >= 4 is 11.7 Å². The number of hydrogen-bond donors (Lipinski definition) is 2. The van der Waals surface area contributed by atoms with Crippen LogP contribution in [-0.4, -0.2) is 6.03 Å². The lowest BCUT2D eigenvalue weighted by molar-refractivity contribution is 0.249. The summed E-state index contributed by atoms with van der Waals surface area (Å²) >= 11 is 0. The Balaban J connectivity index is 1.98. The summed E-state index contributed by atoms with van der Waals surface area (Å²) in [6.45, 7) is 3.93. The van der Waals surface area contributed by atoms with Gasteiger partial charge in [-0.3, -0.25) is 0 Å². The Morgan fingerprint density at radius 2 is 1.75 bits per heavy atom. The second-order valence-corrected chi connectivity index (χ2v) is 4.68. The molecule has 0 saturated carbocycles. The van der Waals surface area contributed by atoms with E-state index >= 15 is 0 Å². The van der Waals surface area contributed by atoms with E-state index in [0.29, 0.717) is 5.69 Å². The molecule has 104 valence electrons. The van der Waals surface area contributed by atoms with Crippen LogP contribution in [0, 0.1) is 12.7 Å². The van der Waals surface area contributed by atoms with Gasteiger partial charge in [0.1, 0.15) is 5.82 Å². The summed E-state index contributed by atoms with van der Waals surface area (Å²) in [6.07, 6.45) is 0. The topological polar surface area (TPSA) is 41.1 Å². The van der Waals surface area contributed by atoms with Crippen LogP contribution in [0.25, 0.3) is 0 Å². The summed E-state index contributed by atoms with van der Waals surface area (Å²) in [5, 5.41) is 5.53. The van der Waals surface area contributed by atoms with Crippen LogP contribution in [0.5, 0.6) is 0 Å². The molecule has 2 aromatic carbocycles. The normalized spacial score (nSPS) is 11.8. The van der Waals surface area contributed by atoms with E-state index in [9.17, 15) is 9.18 Å². The SMILES string of the molecule is Cc1ccccc1C(C)NC(=O)Nc1ccc(F)cc1. The fraction of sp³-hybridized carbons (Fsp3) is 0.188. The number of aryl methyl sites for hydroxylation is 1. The highest BCUT2D eigenvalue weighted by Gasteiger charge is 2.11. The molecule has 0 spiro atoms. The van der Waals surface area contributed by atoms with Crippen molar-refractivity contribution in [3.8, 4) is 0 Å². The Labute approximate surface area is 117 Å². The first-order chi connectivity index (χ1) is 9.56. The maximum atomic E-state index is 12.8. The number of rotatable bonds is 3. The molecule has 0 aromatic heterocycles. The molecular weight excluding hydrogens is 255 g/mol. The van der Waals surface area contributed by atoms with Gasteiger partial charge in [-0.05, 0) is 49.2 Å². The average Bonchev–Trinajstić information content (AvgIpc) is 2.41. The first-order valence-corrected chi connectivity index (χ1v) is 6.45. The summed E-state index contributed by atoms with van der Waals surface area (Å²) in [5.41, 5.74) is 2.75. The molecular formula is C16H17FN2O. The van der Waals surface area contributed by atoms with Crippen LogP contribution in [0.15, 0.2) is 48.5 Å².